The molecular weight excluding hydrogens is 286 g/mol. The normalized spacial score (nSPS) is 10.6. The van der Waals surface area contributed by atoms with Gasteiger partial charge in [-0.1, -0.05) is 0 Å². The van der Waals surface area contributed by atoms with Crippen LogP contribution in [-0.4, -0.2) is 4.98 Å². The van der Waals surface area contributed by atoms with Gasteiger partial charge in [0.25, 0.3) is 0 Å². The van der Waals surface area contributed by atoms with Gasteiger partial charge in [-0.25, -0.2) is 13.8 Å². The molecule has 6 heteroatoms. The molecule has 2 aromatic rings. The zero-order chi connectivity index (χ0) is 11.0. The Kier molecular flexibility index (Phi) is 2.70. The number of thiazole rings is 1. The molecular formula is C9H5BrF2N2S. The fourth-order valence-corrected chi connectivity index (χ4v) is 2.38. The Balaban J connectivity index is 2.54. The molecule has 0 spiro atoms. The molecule has 78 valence electrons. The van der Waals surface area contributed by atoms with Crippen molar-refractivity contribution in [3.8, 4) is 10.6 Å². The number of nitrogen functional groups attached to an aromatic ring is 1. The number of nitrogens with two attached hydrogens (primary N) is 1. The van der Waals surface area contributed by atoms with E-state index in [0.29, 0.717) is 14.6 Å². The number of nitrogens with zero attached hydrogens (tertiary/aromatic N) is 1. The van der Waals surface area contributed by atoms with Crippen LogP contribution in [0.4, 0.5) is 14.6 Å². The molecule has 2 nitrogen and oxygen atoms in total. The molecule has 0 amide bonds. The minimum absolute atomic E-state index is 0.249. The molecule has 1 aromatic carbocycles. The number of anilines is 1. The van der Waals surface area contributed by atoms with Crippen LogP contribution in [0.1, 0.15) is 0 Å². The van der Waals surface area contributed by atoms with Gasteiger partial charge in [-0.15, -0.1) is 11.3 Å². The Morgan fingerprint density at radius 1 is 1.33 bits per heavy atom. The predicted octanol–water partition coefficient (Wildman–Crippen LogP) is 3.43. The lowest BCUT2D eigenvalue weighted by Gasteiger charge is -1.97. The zero-order valence-corrected chi connectivity index (χ0v) is 9.70. The third kappa shape index (κ3) is 2.00. The first kappa shape index (κ1) is 10.5. The Morgan fingerprint density at radius 3 is 2.60 bits per heavy atom. The summed E-state index contributed by atoms with van der Waals surface area (Å²) in [6.45, 7) is 0. The highest BCUT2D eigenvalue weighted by Crippen LogP contribution is 2.34. The SMILES string of the molecule is Nc1nc(-c2ccc(F)cc2F)sc1Br. The first-order valence-corrected chi connectivity index (χ1v) is 5.56. The van der Waals surface area contributed by atoms with E-state index in [-0.39, 0.29) is 5.56 Å². The van der Waals surface area contributed by atoms with Crippen LogP contribution < -0.4 is 5.73 Å². The molecule has 0 aliphatic rings. The van der Waals surface area contributed by atoms with Crippen LogP contribution in [0.15, 0.2) is 22.0 Å². The molecule has 0 radical (unpaired) electrons. The van der Waals surface area contributed by atoms with Crippen molar-refractivity contribution < 1.29 is 8.78 Å². The highest BCUT2D eigenvalue weighted by Gasteiger charge is 2.12. The summed E-state index contributed by atoms with van der Waals surface area (Å²) in [6.07, 6.45) is 0. The summed E-state index contributed by atoms with van der Waals surface area (Å²) < 4.78 is 26.6. The molecule has 0 atom stereocenters. The molecule has 1 aromatic heterocycles. The van der Waals surface area contributed by atoms with Gasteiger partial charge in [0.05, 0.1) is 0 Å². The quantitative estimate of drug-likeness (QED) is 0.874. The van der Waals surface area contributed by atoms with Crippen molar-refractivity contribution in [3.63, 3.8) is 0 Å². The van der Waals surface area contributed by atoms with Crippen molar-refractivity contribution in [1.29, 1.82) is 0 Å². The molecule has 0 aliphatic heterocycles. The smallest absolute Gasteiger partial charge is 0.149 e. The van der Waals surface area contributed by atoms with Gasteiger partial charge in [0.15, 0.2) is 0 Å². The Bertz CT molecular complexity index is 493. The second kappa shape index (κ2) is 3.86. The van der Waals surface area contributed by atoms with Crippen LogP contribution in [0.3, 0.4) is 0 Å². The van der Waals surface area contributed by atoms with E-state index in [4.69, 9.17) is 5.73 Å². The van der Waals surface area contributed by atoms with Crippen molar-refractivity contribution in [2.75, 3.05) is 5.73 Å². The standard InChI is InChI=1S/C9H5BrF2N2S/c10-7-8(13)14-9(15-7)5-2-1-4(11)3-6(5)12/h1-3H,13H2. The van der Waals surface area contributed by atoms with Crippen LogP contribution in [0, 0.1) is 11.6 Å². The van der Waals surface area contributed by atoms with Crippen molar-refractivity contribution >= 4 is 33.1 Å². The fourth-order valence-electron chi connectivity index (χ4n) is 1.09. The van der Waals surface area contributed by atoms with E-state index in [1.165, 1.54) is 23.5 Å². The summed E-state index contributed by atoms with van der Waals surface area (Å²) in [7, 11) is 0. The average Bonchev–Trinajstić information content (AvgIpc) is 2.46. The summed E-state index contributed by atoms with van der Waals surface area (Å²) >= 11 is 4.39. The van der Waals surface area contributed by atoms with E-state index in [2.05, 4.69) is 20.9 Å². The lowest BCUT2D eigenvalue weighted by atomic mass is 10.2. The monoisotopic (exact) mass is 290 g/mol. The molecule has 1 heterocycles. The van der Waals surface area contributed by atoms with Gasteiger partial charge in [0.1, 0.15) is 26.2 Å². The van der Waals surface area contributed by atoms with Gasteiger partial charge < -0.3 is 5.73 Å². The van der Waals surface area contributed by atoms with Gasteiger partial charge in [-0.2, -0.15) is 0 Å². The summed E-state index contributed by atoms with van der Waals surface area (Å²) in [4.78, 5) is 3.96. The van der Waals surface area contributed by atoms with Crippen molar-refractivity contribution in [3.05, 3.63) is 33.6 Å². The Labute approximate surface area is 96.9 Å². The first-order chi connectivity index (χ1) is 7.08. The molecule has 0 saturated carbocycles. The number of benzene rings is 1. The minimum atomic E-state index is -0.642. The maximum absolute atomic E-state index is 13.3. The molecule has 0 saturated heterocycles. The van der Waals surface area contributed by atoms with Gasteiger partial charge in [-0.05, 0) is 28.1 Å². The van der Waals surface area contributed by atoms with Crippen molar-refractivity contribution in [1.82, 2.24) is 4.98 Å². The van der Waals surface area contributed by atoms with E-state index in [9.17, 15) is 8.78 Å². The number of rotatable bonds is 1. The summed E-state index contributed by atoms with van der Waals surface area (Å²) in [6, 6.07) is 3.35. The topological polar surface area (TPSA) is 38.9 Å². The predicted molar refractivity (Wildman–Crippen MR) is 59.6 cm³/mol. The first-order valence-electron chi connectivity index (χ1n) is 3.95. The van der Waals surface area contributed by atoms with Gasteiger partial charge in [-0.3, -0.25) is 0 Å². The molecule has 2 N–H and O–H groups in total. The molecule has 0 fully saturated rings. The van der Waals surface area contributed by atoms with Crippen molar-refractivity contribution in [2.24, 2.45) is 0 Å². The average molecular weight is 291 g/mol. The maximum Gasteiger partial charge on any atom is 0.149 e. The van der Waals surface area contributed by atoms with Gasteiger partial charge >= 0.3 is 0 Å². The van der Waals surface area contributed by atoms with E-state index < -0.39 is 11.6 Å². The van der Waals surface area contributed by atoms with Gasteiger partial charge in [0.2, 0.25) is 0 Å². The highest BCUT2D eigenvalue weighted by atomic mass is 79.9. The molecule has 15 heavy (non-hydrogen) atoms. The zero-order valence-electron chi connectivity index (χ0n) is 7.30. The minimum Gasteiger partial charge on any atom is -0.382 e. The van der Waals surface area contributed by atoms with Crippen LogP contribution in [0.25, 0.3) is 10.6 Å². The Hall–Kier alpha value is -1.01. The van der Waals surface area contributed by atoms with Gasteiger partial charge in [0, 0.05) is 11.6 Å². The third-order valence-electron chi connectivity index (χ3n) is 1.77. The molecule has 2 rings (SSSR count). The number of aromatic nitrogens is 1. The molecule has 0 unspecified atom stereocenters. The van der Waals surface area contributed by atoms with E-state index in [1.807, 2.05) is 0 Å². The molecule has 0 aliphatic carbocycles. The number of hydrogen-bond donors (Lipinski definition) is 1. The largest absolute Gasteiger partial charge is 0.382 e. The van der Waals surface area contributed by atoms with Crippen LogP contribution in [-0.2, 0) is 0 Å². The van der Waals surface area contributed by atoms with Crippen molar-refractivity contribution in [2.45, 2.75) is 0 Å². The van der Waals surface area contributed by atoms with Crippen LogP contribution in [0.5, 0.6) is 0 Å². The van der Waals surface area contributed by atoms with E-state index >= 15 is 0 Å². The summed E-state index contributed by atoms with van der Waals surface area (Å²) in [5.74, 6) is -0.949. The third-order valence-corrected chi connectivity index (χ3v) is 3.56. The number of hydrogen-bond acceptors (Lipinski definition) is 3. The van der Waals surface area contributed by atoms with E-state index in [1.54, 1.807) is 0 Å². The maximum atomic E-state index is 13.3. The van der Waals surface area contributed by atoms with Crippen LogP contribution >= 0.6 is 27.3 Å². The highest BCUT2D eigenvalue weighted by molar-refractivity contribution is 9.11. The fraction of sp³-hybridized carbons (Fsp3) is 0. The second-order valence-corrected chi connectivity index (χ2v) is 5.12. The summed E-state index contributed by atoms with van der Waals surface area (Å²) in [5.41, 5.74) is 5.76. The lowest BCUT2D eigenvalue weighted by Crippen LogP contribution is -1.87. The van der Waals surface area contributed by atoms with Crippen LogP contribution in [0.2, 0.25) is 0 Å². The number of halogens is 3. The molecule has 0 bridgehead atoms. The Morgan fingerprint density at radius 2 is 2.07 bits per heavy atom. The lowest BCUT2D eigenvalue weighted by molar-refractivity contribution is 0.585. The second-order valence-electron chi connectivity index (χ2n) is 2.80. The van der Waals surface area contributed by atoms with E-state index in [0.717, 1.165) is 6.07 Å². The summed E-state index contributed by atoms with van der Waals surface area (Å²) in [5, 5.41) is 0.428.